The molecule has 1 heterocycles. The van der Waals surface area contributed by atoms with Crippen molar-refractivity contribution in [2.75, 3.05) is 0 Å². The van der Waals surface area contributed by atoms with Crippen LogP contribution in [0.1, 0.15) is 48.3 Å². The van der Waals surface area contributed by atoms with Gasteiger partial charge in [0, 0.05) is 5.39 Å². The van der Waals surface area contributed by atoms with Crippen LogP contribution in [-0.4, -0.2) is 15.7 Å². The Morgan fingerprint density at radius 1 is 1.06 bits per heavy atom. The summed E-state index contributed by atoms with van der Waals surface area (Å²) in [7, 11) is 0. The zero-order valence-electron chi connectivity index (χ0n) is 17.9. The summed E-state index contributed by atoms with van der Waals surface area (Å²) < 4.78 is 16.1. The van der Waals surface area contributed by atoms with Crippen molar-refractivity contribution in [3.8, 4) is 5.69 Å². The second kappa shape index (κ2) is 8.57. The molecule has 0 fully saturated rings. The number of nitrogens with zero attached hydrogens (tertiary/aromatic N) is 2. The first-order valence-electron chi connectivity index (χ1n) is 10.2. The topological polar surface area (TPSA) is 46.9 Å². The van der Waals surface area contributed by atoms with Crippen LogP contribution in [0.15, 0.2) is 66.9 Å². The number of fused-ring (bicyclic) bond motifs is 1. The summed E-state index contributed by atoms with van der Waals surface area (Å²) in [6.45, 7) is 4.91. The standard InChI is InChI=1S/C25H22Cl2FN3O/c1-15(16-6-4-7-17(12-16)25(2,3)28)30-24(32)19-8-5-9-23-20(19)14-29-31(23)18-10-11-21(26)22(27)13-18/h4-15H,1-3H3,(H,30,32)/t15-/m1/s1. The van der Waals surface area contributed by atoms with E-state index in [1.807, 2.05) is 31.2 Å². The second-order valence-corrected chi connectivity index (χ2v) is 9.00. The number of carbonyl (C=O) groups is 1. The fraction of sp³-hybridized carbons (Fsp3) is 0.200. The molecule has 4 nitrogen and oxygen atoms in total. The van der Waals surface area contributed by atoms with Crippen molar-refractivity contribution in [2.24, 2.45) is 0 Å². The lowest BCUT2D eigenvalue weighted by Gasteiger charge is -2.19. The maximum Gasteiger partial charge on any atom is 0.252 e. The molecule has 32 heavy (non-hydrogen) atoms. The summed E-state index contributed by atoms with van der Waals surface area (Å²) in [6.07, 6.45) is 1.66. The first-order valence-corrected chi connectivity index (χ1v) is 10.9. The van der Waals surface area contributed by atoms with Gasteiger partial charge in [-0.25, -0.2) is 9.07 Å². The fourth-order valence-electron chi connectivity index (χ4n) is 3.61. The van der Waals surface area contributed by atoms with Gasteiger partial charge in [-0.2, -0.15) is 5.10 Å². The van der Waals surface area contributed by atoms with Crippen molar-refractivity contribution in [1.82, 2.24) is 15.1 Å². The Balaban J connectivity index is 1.63. The van der Waals surface area contributed by atoms with Crippen molar-refractivity contribution in [1.29, 1.82) is 0 Å². The Kier molecular flexibility index (Phi) is 5.97. The first kappa shape index (κ1) is 22.3. The highest BCUT2D eigenvalue weighted by Crippen LogP contribution is 2.29. The lowest BCUT2D eigenvalue weighted by Crippen LogP contribution is -2.27. The highest BCUT2D eigenvalue weighted by atomic mass is 35.5. The van der Waals surface area contributed by atoms with Crippen LogP contribution in [-0.2, 0) is 5.67 Å². The van der Waals surface area contributed by atoms with E-state index >= 15 is 0 Å². The molecule has 0 bridgehead atoms. The lowest BCUT2D eigenvalue weighted by molar-refractivity contribution is 0.0941. The molecule has 4 aromatic rings. The number of halogens is 3. The van der Waals surface area contributed by atoms with Gasteiger partial charge in [0.05, 0.1) is 39.1 Å². The van der Waals surface area contributed by atoms with E-state index in [-0.39, 0.29) is 11.9 Å². The van der Waals surface area contributed by atoms with Gasteiger partial charge in [-0.15, -0.1) is 0 Å². The molecule has 3 aromatic carbocycles. The second-order valence-electron chi connectivity index (χ2n) is 8.19. The third-order valence-corrected chi connectivity index (χ3v) is 6.17. The van der Waals surface area contributed by atoms with Gasteiger partial charge < -0.3 is 5.32 Å². The number of amides is 1. The molecular weight excluding hydrogens is 448 g/mol. The van der Waals surface area contributed by atoms with Crippen LogP contribution in [0.4, 0.5) is 4.39 Å². The van der Waals surface area contributed by atoms with Crippen LogP contribution in [0.2, 0.25) is 10.0 Å². The van der Waals surface area contributed by atoms with E-state index in [2.05, 4.69) is 10.4 Å². The van der Waals surface area contributed by atoms with Crippen LogP contribution >= 0.6 is 23.2 Å². The van der Waals surface area contributed by atoms with E-state index in [0.717, 1.165) is 16.8 Å². The fourth-order valence-corrected chi connectivity index (χ4v) is 3.90. The normalized spacial score (nSPS) is 12.7. The van der Waals surface area contributed by atoms with Crippen molar-refractivity contribution in [3.05, 3.63) is 93.6 Å². The van der Waals surface area contributed by atoms with Gasteiger partial charge in [-0.3, -0.25) is 4.79 Å². The van der Waals surface area contributed by atoms with Gasteiger partial charge in [-0.05, 0) is 62.2 Å². The molecule has 0 saturated carbocycles. The van der Waals surface area contributed by atoms with E-state index in [9.17, 15) is 9.18 Å². The van der Waals surface area contributed by atoms with E-state index in [1.165, 1.54) is 13.8 Å². The Labute approximate surface area is 196 Å². The Hall–Kier alpha value is -2.89. The molecule has 1 N–H and O–H groups in total. The maximum atomic E-state index is 14.3. The number of hydrogen-bond donors (Lipinski definition) is 1. The van der Waals surface area contributed by atoms with Crippen molar-refractivity contribution >= 4 is 40.0 Å². The molecule has 1 aromatic heterocycles. The third-order valence-electron chi connectivity index (χ3n) is 5.43. The molecule has 0 radical (unpaired) electrons. The summed E-state index contributed by atoms with van der Waals surface area (Å²) in [5, 5.41) is 9.06. The van der Waals surface area contributed by atoms with Crippen LogP contribution < -0.4 is 5.32 Å². The first-order chi connectivity index (χ1) is 15.1. The molecule has 0 spiro atoms. The monoisotopic (exact) mass is 469 g/mol. The van der Waals surface area contributed by atoms with Gasteiger partial charge in [0.15, 0.2) is 0 Å². The number of aromatic nitrogens is 2. The Bertz CT molecular complexity index is 1310. The Morgan fingerprint density at radius 2 is 1.81 bits per heavy atom. The zero-order valence-corrected chi connectivity index (χ0v) is 19.4. The largest absolute Gasteiger partial charge is 0.345 e. The van der Waals surface area contributed by atoms with Gasteiger partial charge in [0.25, 0.3) is 5.91 Å². The van der Waals surface area contributed by atoms with E-state index in [0.29, 0.717) is 26.6 Å². The molecule has 0 saturated heterocycles. The number of nitrogens with one attached hydrogen (secondary N) is 1. The minimum atomic E-state index is -1.45. The maximum absolute atomic E-state index is 14.3. The molecule has 1 atom stereocenters. The highest BCUT2D eigenvalue weighted by molar-refractivity contribution is 6.42. The van der Waals surface area contributed by atoms with Gasteiger partial charge >= 0.3 is 0 Å². The smallest absolute Gasteiger partial charge is 0.252 e. The predicted molar refractivity (Wildman–Crippen MR) is 128 cm³/mol. The van der Waals surface area contributed by atoms with Crippen LogP contribution in [0.3, 0.4) is 0 Å². The summed E-state index contributed by atoms with van der Waals surface area (Å²) in [4.78, 5) is 13.1. The van der Waals surface area contributed by atoms with Gasteiger partial charge in [0.1, 0.15) is 5.67 Å². The quantitative estimate of drug-likeness (QED) is 0.341. The molecular formula is C25H22Cl2FN3O. The van der Waals surface area contributed by atoms with Gasteiger partial charge in [0.2, 0.25) is 0 Å². The lowest BCUT2D eigenvalue weighted by atomic mass is 9.96. The number of benzene rings is 3. The average molecular weight is 470 g/mol. The minimum absolute atomic E-state index is 0.235. The zero-order chi connectivity index (χ0) is 23.0. The number of hydrogen-bond acceptors (Lipinski definition) is 2. The summed E-state index contributed by atoms with van der Waals surface area (Å²) in [5.74, 6) is -0.235. The van der Waals surface area contributed by atoms with Gasteiger partial charge in [-0.1, -0.05) is 53.5 Å². The Morgan fingerprint density at radius 3 is 2.53 bits per heavy atom. The molecule has 0 aliphatic heterocycles. The molecule has 1 amide bonds. The molecule has 7 heteroatoms. The van der Waals surface area contributed by atoms with Crippen molar-refractivity contribution < 1.29 is 9.18 Å². The molecule has 4 rings (SSSR count). The summed E-state index contributed by atoms with van der Waals surface area (Å²) >= 11 is 12.2. The van der Waals surface area contributed by atoms with Crippen molar-refractivity contribution in [3.63, 3.8) is 0 Å². The van der Waals surface area contributed by atoms with E-state index in [1.54, 1.807) is 47.3 Å². The predicted octanol–water partition coefficient (Wildman–Crippen LogP) is 7.03. The molecule has 0 aliphatic rings. The molecule has 0 aliphatic carbocycles. The summed E-state index contributed by atoms with van der Waals surface area (Å²) in [5.41, 5.74) is 1.96. The molecule has 164 valence electrons. The third kappa shape index (κ3) is 4.36. The number of alkyl halides is 1. The van der Waals surface area contributed by atoms with Crippen LogP contribution in [0, 0.1) is 0 Å². The van der Waals surface area contributed by atoms with E-state index in [4.69, 9.17) is 23.2 Å². The molecule has 0 unspecified atom stereocenters. The number of carbonyl (C=O) groups excluding carboxylic acids is 1. The van der Waals surface area contributed by atoms with Crippen LogP contribution in [0.25, 0.3) is 16.6 Å². The minimum Gasteiger partial charge on any atom is -0.345 e. The van der Waals surface area contributed by atoms with E-state index < -0.39 is 5.67 Å². The van der Waals surface area contributed by atoms with Crippen LogP contribution in [0.5, 0.6) is 0 Å². The van der Waals surface area contributed by atoms with Crippen molar-refractivity contribution in [2.45, 2.75) is 32.5 Å². The highest BCUT2D eigenvalue weighted by Gasteiger charge is 2.21. The number of rotatable bonds is 5. The SMILES string of the molecule is C[C@@H](NC(=O)c1cccc2c1cnn2-c1ccc(Cl)c(Cl)c1)c1cccc(C(C)(C)F)c1. The summed E-state index contributed by atoms with van der Waals surface area (Å²) in [6, 6.07) is 17.6. The average Bonchev–Trinajstić information content (AvgIpc) is 3.19.